The van der Waals surface area contributed by atoms with Crippen LogP contribution >= 0.6 is 0 Å². The number of ketones is 1. The highest BCUT2D eigenvalue weighted by atomic mass is 16.2. The van der Waals surface area contributed by atoms with Crippen molar-refractivity contribution in [2.24, 2.45) is 5.41 Å². The Hall–Kier alpha value is -3.14. The molecular formula is C25H24N2O2. The first-order valence-corrected chi connectivity index (χ1v) is 10.1. The van der Waals surface area contributed by atoms with Crippen molar-refractivity contribution in [1.82, 2.24) is 10.6 Å². The van der Waals surface area contributed by atoms with Gasteiger partial charge in [0.05, 0.1) is 12.1 Å². The minimum atomic E-state index is -0.294. The summed E-state index contributed by atoms with van der Waals surface area (Å²) in [5, 5.41) is 6.36. The van der Waals surface area contributed by atoms with Crippen LogP contribution in [-0.4, -0.2) is 18.2 Å². The maximum atomic E-state index is 13.2. The van der Waals surface area contributed by atoms with Crippen molar-refractivity contribution in [3.63, 3.8) is 0 Å². The number of dihydropyridines is 1. The second kappa shape index (κ2) is 6.45. The van der Waals surface area contributed by atoms with Crippen molar-refractivity contribution in [3.05, 3.63) is 82.7 Å². The highest BCUT2D eigenvalue weighted by Gasteiger charge is 2.44. The standard InChI is InChI=1S/C25H24N2O2/c1-25(2)12-18-22(20(28)13-25)21(23-19(27-18)14-26-24(23)29)17-10-8-16(9-11-17)15-6-4-3-5-7-15/h3-11,21,27H,12-14H2,1-2H3,(H,26,29). The smallest absolute Gasteiger partial charge is 0.250 e. The third-order valence-corrected chi connectivity index (χ3v) is 6.15. The molecule has 4 nitrogen and oxygen atoms in total. The van der Waals surface area contributed by atoms with Crippen molar-refractivity contribution in [2.45, 2.75) is 32.6 Å². The van der Waals surface area contributed by atoms with Gasteiger partial charge in [0, 0.05) is 29.3 Å². The van der Waals surface area contributed by atoms with Gasteiger partial charge in [0.1, 0.15) is 0 Å². The van der Waals surface area contributed by atoms with E-state index < -0.39 is 0 Å². The Bertz CT molecular complexity index is 1080. The number of amides is 1. The van der Waals surface area contributed by atoms with Gasteiger partial charge in [0.2, 0.25) is 5.91 Å². The van der Waals surface area contributed by atoms with Crippen LogP contribution in [0.4, 0.5) is 0 Å². The molecule has 2 aliphatic heterocycles. The summed E-state index contributed by atoms with van der Waals surface area (Å²) in [6.07, 6.45) is 1.33. The molecular weight excluding hydrogens is 360 g/mol. The van der Waals surface area contributed by atoms with E-state index in [2.05, 4.69) is 60.9 Å². The lowest BCUT2D eigenvalue weighted by Crippen LogP contribution is -2.37. The molecule has 0 spiro atoms. The molecule has 0 saturated heterocycles. The number of Topliss-reactive ketones (excluding diaryl/α,β-unsaturated/α-hetero) is 1. The van der Waals surface area contributed by atoms with E-state index in [1.54, 1.807) is 0 Å². The number of carbonyl (C=O) groups is 2. The zero-order chi connectivity index (χ0) is 20.2. The van der Waals surface area contributed by atoms with Gasteiger partial charge in [-0.25, -0.2) is 0 Å². The second-order valence-corrected chi connectivity index (χ2v) is 8.95. The van der Waals surface area contributed by atoms with E-state index in [9.17, 15) is 9.59 Å². The van der Waals surface area contributed by atoms with Gasteiger partial charge in [-0.1, -0.05) is 68.4 Å². The molecule has 3 aliphatic rings. The van der Waals surface area contributed by atoms with E-state index >= 15 is 0 Å². The topological polar surface area (TPSA) is 58.2 Å². The monoisotopic (exact) mass is 384 g/mol. The fourth-order valence-corrected chi connectivity index (χ4v) is 4.85. The summed E-state index contributed by atoms with van der Waals surface area (Å²) in [5.74, 6) is -0.224. The van der Waals surface area contributed by atoms with Crippen molar-refractivity contribution in [2.75, 3.05) is 6.54 Å². The summed E-state index contributed by atoms with van der Waals surface area (Å²) in [7, 11) is 0. The fourth-order valence-electron chi connectivity index (χ4n) is 4.85. The predicted octanol–water partition coefficient (Wildman–Crippen LogP) is 4.07. The van der Waals surface area contributed by atoms with E-state index in [-0.39, 0.29) is 23.0 Å². The first-order chi connectivity index (χ1) is 13.9. The van der Waals surface area contributed by atoms with E-state index in [4.69, 9.17) is 0 Å². The van der Waals surface area contributed by atoms with Crippen LogP contribution in [0, 0.1) is 5.41 Å². The predicted molar refractivity (Wildman–Crippen MR) is 113 cm³/mol. The number of hydrogen-bond acceptors (Lipinski definition) is 3. The molecule has 2 N–H and O–H groups in total. The zero-order valence-electron chi connectivity index (χ0n) is 16.7. The van der Waals surface area contributed by atoms with Crippen molar-refractivity contribution >= 4 is 11.7 Å². The molecule has 1 unspecified atom stereocenters. The van der Waals surface area contributed by atoms with Gasteiger partial charge < -0.3 is 10.6 Å². The van der Waals surface area contributed by atoms with Gasteiger partial charge in [-0.3, -0.25) is 9.59 Å². The van der Waals surface area contributed by atoms with Crippen molar-refractivity contribution in [1.29, 1.82) is 0 Å². The van der Waals surface area contributed by atoms with Gasteiger partial charge >= 0.3 is 0 Å². The minimum Gasteiger partial charge on any atom is -0.360 e. The quantitative estimate of drug-likeness (QED) is 0.821. The van der Waals surface area contributed by atoms with Gasteiger partial charge in [-0.15, -0.1) is 0 Å². The molecule has 0 saturated carbocycles. The van der Waals surface area contributed by atoms with Crippen LogP contribution in [0.2, 0.25) is 0 Å². The van der Waals surface area contributed by atoms with Gasteiger partial charge in [0.15, 0.2) is 5.78 Å². The van der Waals surface area contributed by atoms with Crippen molar-refractivity contribution < 1.29 is 9.59 Å². The highest BCUT2D eigenvalue weighted by molar-refractivity contribution is 6.06. The largest absolute Gasteiger partial charge is 0.360 e. The summed E-state index contributed by atoms with van der Waals surface area (Å²) in [6.45, 7) is 4.75. The lowest BCUT2D eigenvalue weighted by Gasteiger charge is -2.38. The van der Waals surface area contributed by atoms with Crippen LogP contribution < -0.4 is 10.6 Å². The van der Waals surface area contributed by atoms with Crippen LogP contribution in [0.1, 0.15) is 38.2 Å². The number of hydrogen-bond donors (Lipinski definition) is 2. The van der Waals surface area contributed by atoms with Crippen LogP contribution in [0.25, 0.3) is 11.1 Å². The zero-order valence-corrected chi connectivity index (χ0v) is 16.7. The third kappa shape index (κ3) is 3.00. The molecule has 2 aromatic rings. The maximum Gasteiger partial charge on any atom is 0.250 e. The number of carbonyl (C=O) groups excluding carboxylic acids is 2. The molecule has 1 aliphatic carbocycles. The van der Waals surface area contributed by atoms with E-state index in [1.165, 1.54) is 0 Å². The van der Waals surface area contributed by atoms with Crippen LogP contribution in [0.5, 0.6) is 0 Å². The second-order valence-electron chi connectivity index (χ2n) is 8.95. The van der Waals surface area contributed by atoms with Crippen molar-refractivity contribution in [3.8, 4) is 11.1 Å². The molecule has 2 heterocycles. The van der Waals surface area contributed by atoms with Crippen LogP contribution in [0.15, 0.2) is 77.1 Å². The fraction of sp³-hybridized carbons (Fsp3) is 0.280. The van der Waals surface area contributed by atoms with Gasteiger partial charge in [-0.05, 0) is 28.5 Å². The molecule has 146 valence electrons. The Morgan fingerprint density at radius 3 is 2.24 bits per heavy atom. The number of allylic oxidation sites excluding steroid dienone is 2. The summed E-state index contributed by atoms with van der Waals surface area (Å²) in [6, 6.07) is 18.5. The van der Waals surface area contributed by atoms with Crippen LogP contribution in [-0.2, 0) is 9.59 Å². The Labute approximate surface area is 170 Å². The maximum absolute atomic E-state index is 13.2. The Morgan fingerprint density at radius 2 is 1.52 bits per heavy atom. The number of nitrogens with one attached hydrogen (secondary N) is 2. The summed E-state index contributed by atoms with van der Waals surface area (Å²) in [5.41, 5.74) is 6.57. The third-order valence-electron chi connectivity index (χ3n) is 6.15. The Balaban J connectivity index is 1.60. The van der Waals surface area contributed by atoms with E-state index in [1.807, 2.05) is 18.2 Å². The highest BCUT2D eigenvalue weighted by Crippen LogP contribution is 2.47. The summed E-state index contributed by atoms with van der Waals surface area (Å²) >= 11 is 0. The van der Waals surface area contributed by atoms with E-state index in [0.29, 0.717) is 18.5 Å². The summed E-state index contributed by atoms with van der Waals surface area (Å²) in [4.78, 5) is 25.8. The molecule has 4 heteroatoms. The first kappa shape index (κ1) is 17.9. The van der Waals surface area contributed by atoms with Crippen LogP contribution in [0.3, 0.4) is 0 Å². The minimum absolute atomic E-state index is 0.0707. The molecule has 0 fully saturated rings. The molecule has 0 aromatic heterocycles. The molecule has 0 bridgehead atoms. The normalized spacial score (nSPS) is 22.8. The molecule has 29 heavy (non-hydrogen) atoms. The van der Waals surface area contributed by atoms with Gasteiger partial charge in [-0.2, -0.15) is 0 Å². The lowest BCUT2D eigenvalue weighted by molar-refractivity contribution is -0.118. The van der Waals surface area contributed by atoms with E-state index in [0.717, 1.165) is 40.1 Å². The summed E-state index contributed by atoms with van der Waals surface area (Å²) < 4.78 is 0. The van der Waals surface area contributed by atoms with Gasteiger partial charge in [0.25, 0.3) is 0 Å². The average Bonchev–Trinajstić information content (AvgIpc) is 3.07. The SMILES string of the molecule is CC1(C)CC(=O)C2=C(C1)NC1=C(C(=O)NC1)C2c1ccc(-c2ccccc2)cc1. The number of rotatable bonds is 2. The Morgan fingerprint density at radius 1 is 0.828 bits per heavy atom. The molecule has 1 atom stereocenters. The molecule has 0 radical (unpaired) electrons. The average molecular weight is 384 g/mol. The molecule has 5 rings (SSSR count). The first-order valence-electron chi connectivity index (χ1n) is 10.1. The lowest BCUT2D eigenvalue weighted by atomic mass is 9.68. The Kier molecular flexibility index (Phi) is 3.98. The molecule has 1 amide bonds. The molecule has 2 aromatic carbocycles. The number of benzene rings is 2.